The maximum absolute atomic E-state index is 12.5. The van der Waals surface area contributed by atoms with E-state index < -0.39 is 6.10 Å². The summed E-state index contributed by atoms with van der Waals surface area (Å²) in [6, 6.07) is 8.43. The van der Waals surface area contributed by atoms with Crippen molar-refractivity contribution in [1.82, 2.24) is 10.2 Å². The zero-order valence-electron chi connectivity index (χ0n) is 12.7. The van der Waals surface area contributed by atoms with Gasteiger partial charge >= 0.3 is 5.97 Å². The van der Waals surface area contributed by atoms with Gasteiger partial charge < -0.3 is 9.15 Å². The summed E-state index contributed by atoms with van der Waals surface area (Å²) in [6.07, 6.45) is 2.49. The van der Waals surface area contributed by atoms with Gasteiger partial charge in [-0.05, 0) is 37.3 Å². The van der Waals surface area contributed by atoms with Crippen molar-refractivity contribution in [2.45, 2.75) is 44.6 Å². The summed E-state index contributed by atoms with van der Waals surface area (Å²) in [5.41, 5.74) is 2.72. The van der Waals surface area contributed by atoms with Crippen molar-refractivity contribution >= 4 is 5.97 Å². The lowest BCUT2D eigenvalue weighted by Crippen LogP contribution is -2.17. The van der Waals surface area contributed by atoms with Gasteiger partial charge in [-0.15, -0.1) is 10.2 Å². The van der Waals surface area contributed by atoms with Crippen molar-refractivity contribution in [2.75, 3.05) is 0 Å². The first kappa shape index (κ1) is 13.5. The van der Waals surface area contributed by atoms with Crippen molar-refractivity contribution in [2.24, 2.45) is 5.92 Å². The van der Waals surface area contributed by atoms with Gasteiger partial charge in [0, 0.05) is 12.3 Å². The van der Waals surface area contributed by atoms with Crippen LogP contribution in [0.15, 0.2) is 28.7 Å². The Balaban J connectivity index is 1.48. The van der Waals surface area contributed by atoms with Gasteiger partial charge in [-0.3, -0.25) is 4.79 Å². The fraction of sp³-hybridized carbons (Fsp3) is 0.471. The Bertz CT molecular complexity index is 739. The summed E-state index contributed by atoms with van der Waals surface area (Å²) in [5, 5.41) is 7.68. The van der Waals surface area contributed by atoms with Gasteiger partial charge in [-0.25, -0.2) is 0 Å². The minimum Gasteiger partial charge on any atom is -0.452 e. The summed E-state index contributed by atoms with van der Waals surface area (Å²) in [4.78, 5) is 12.5. The van der Waals surface area contributed by atoms with Gasteiger partial charge in [0.1, 0.15) is 0 Å². The van der Waals surface area contributed by atoms with E-state index in [1.165, 1.54) is 11.1 Å². The average molecular weight is 298 g/mol. The summed E-state index contributed by atoms with van der Waals surface area (Å²) >= 11 is 0. The molecule has 1 aromatic carbocycles. The van der Waals surface area contributed by atoms with Crippen LogP contribution in [0.4, 0.5) is 0 Å². The molecule has 2 aliphatic carbocycles. The highest BCUT2D eigenvalue weighted by molar-refractivity contribution is 5.80. The smallest absolute Gasteiger partial charge is 0.310 e. The number of benzene rings is 1. The van der Waals surface area contributed by atoms with Crippen molar-refractivity contribution in [1.29, 1.82) is 0 Å². The number of hydrogen-bond acceptors (Lipinski definition) is 5. The van der Waals surface area contributed by atoms with Crippen LogP contribution >= 0.6 is 0 Å². The Morgan fingerprint density at radius 3 is 3.00 bits per heavy atom. The number of aromatic nitrogens is 2. The zero-order chi connectivity index (χ0) is 15.3. The first-order chi connectivity index (χ1) is 10.6. The summed E-state index contributed by atoms with van der Waals surface area (Å²) < 4.78 is 10.9. The third-order valence-corrected chi connectivity index (χ3v) is 4.94. The molecule has 0 N–H and O–H groups in total. The number of rotatable bonds is 3. The molecule has 4 rings (SSSR count). The van der Waals surface area contributed by atoms with Crippen molar-refractivity contribution < 1.29 is 13.9 Å². The van der Waals surface area contributed by atoms with Crippen molar-refractivity contribution in [3.63, 3.8) is 0 Å². The van der Waals surface area contributed by atoms with Crippen LogP contribution < -0.4 is 0 Å². The molecule has 1 fully saturated rings. The second-order valence-electron chi connectivity index (χ2n) is 6.31. The lowest BCUT2D eigenvalue weighted by molar-refractivity contribution is -0.151. The fourth-order valence-electron chi connectivity index (χ4n) is 3.69. The fourth-order valence-corrected chi connectivity index (χ4v) is 3.69. The molecular weight excluding hydrogens is 280 g/mol. The molecule has 5 heteroatoms. The van der Waals surface area contributed by atoms with Crippen LogP contribution in [0.2, 0.25) is 0 Å². The normalized spacial score (nSPS) is 26.7. The first-order valence-electron chi connectivity index (χ1n) is 7.69. The number of carbonyl (C=O) groups is 1. The van der Waals surface area contributed by atoms with Gasteiger partial charge in [0.05, 0.1) is 5.92 Å². The quantitative estimate of drug-likeness (QED) is 0.815. The molecule has 3 atom stereocenters. The topological polar surface area (TPSA) is 65.2 Å². The predicted octanol–water partition coefficient (Wildman–Crippen LogP) is 2.89. The Morgan fingerprint density at radius 2 is 2.23 bits per heavy atom. The van der Waals surface area contributed by atoms with E-state index >= 15 is 0 Å². The molecule has 0 radical (unpaired) electrons. The molecule has 2 aliphatic rings. The largest absolute Gasteiger partial charge is 0.452 e. The van der Waals surface area contributed by atoms with E-state index in [4.69, 9.17) is 9.15 Å². The number of carbonyl (C=O) groups excluding carboxylic acids is 1. The molecule has 22 heavy (non-hydrogen) atoms. The van der Waals surface area contributed by atoms with Crippen molar-refractivity contribution in [3.05, 3.63) is 47.2 Å². The highest BCUT2D eigenvalue weighted by atomic mass is 16.6. The molecule has 0 unspecified atom stereocenters. The predicted molar refractivity (Wildman–Crippen MR) is 78.1 cm³/mol. The SMILES string of the molecule is Cc1nnc([C@H](C)OC(=O)[C@@H]2C[C@@]23CCc2ccccc23)o1. The van der Waals surface area contributed by atoms with E-state index in [9.17, 15) is 4.79 Å². The van der Waals surface area contributed by atoms with Crippen LogP contribution in [-0.4, -0.2) is 16.2 Å². The van der Waals surface area contributed by atoms with Gasteiger partial charge in [-0.2, -0.15) is 0 Å². The van der Waals surface area contributed by atoms with Gasteiger partial charge in [0.25, 0.3) is 5.89 Å². The molecule has 1 saturated carbocycles. The second-order valence-corrected chi connectivity index (χ2v) is 6.31. The van der Waals surface area contributed by atoms with Crippen molar-refractivity contribution in [3.8, 4) is 0 Å². The zero-order valence-corrected chi connectivity index (χ0v) is 12.7. The van der Waals surface area contributed by atoms with E-state index in [2.05, 4.69) is 34.5 Å². The van der Waals surface area contributed by atoms with Crippen LogP contribution in [0, 0.1) is 12.8 Å². The van der Waals surface area contributed by atoms with Gasteiger partial charge in [-0.1, -0.05) is 24.3 Å². The molecule has 0 amide bonds. The third kappa shape index (κ3) is 1.95. The molecule has 1 aromatic heterocycles. The average Bonchev–Trinajstić information content (AvgIpc) is 2.89. The van der Waals surface area contributed by atoms with Crippen LogP contribution in [0.1, 0.15) is 48.8 Å². The minimum absolute atomic E-state index is 0.0121. The maximum Gasteiger partial charge on any atom is 0.310 e. The standard InChI is InChI=1S/C17H18N2O3/c1-10(15-19-18-11(2)22-15)21-16(20)14-9-17(14)8-7-12-5-3-4-6-13(12)17/h3-6,10,14H,7-9H2,1-2H3/t10-,14-,17+/m0/s1. The molecule has 0 bridgehead atoms. The lowest BCUT2D eigenvalue weighted by atomic mass is 9.95. The lowest BCUT2D eigenvalue weighted by Gasteiger charge is -2.13. The Labute approximate surface area is 128 Å². The van der Waals surface area contributed by atoms with Crippen LogP contribution in [0.5, 0.6) is 0 Å². The van der Waals surface area contributed by atoms with E-state index in [1.807, 2.05) is 0 Å². The van der Waals surface area contributed by atoms with Crippen LogP contribution in [-0.2, 0) is 21.4 Å². The number of hydrogen-bond donors (Lipinski definition) is 0. The Kier molecular flexibility index (Phi) is 2.86. The first-order valence-corrected chi connectivity index (χ1v) is 7.69. The molecule has 2 aromatic rings. The van der Waals surface area contributed by atoms with E-state index in [0.29, 0.717) is 11.8 Å². The number of aryl methyl sites for hydroxylation is 2. The number of nitrogens with zero attached hydrogens (tertiary/aromatic N) is 2. The summed E-state index contributed by atoms with van der Waals surface area (Å²) in [5.74, 6) is 0.639. The van der Waals surface area contributed by atoms with E-state index in [1.54, 1.807) is 13.8 Å². The van der Waals surface area contributed by atoms with E-state index in [-0.39, 0.29) is 17.3 Å². The molecular formula is C17H18N2O3. The van der Waals surface area contributed by atoms with Crippen LogP contribution in [0.25, 0.3) is 0 Å². The molecule has 0 aliphatic heterocycles. The highest BCUT2D eigenvalue weighted by Gasteiger charge is 2.62. The molecule has 1 heterocycles. The maximum atomic E-state index is 12.5. The second kappa shape index (κ2) is 4.66. The minimum atomic E-state index is -0.497. The highest BCUT2D eigenvalue weighted by Crippen LogP contribution is 2.62. The van der Waals surface area contributed by atoms with E-state index in [0.717, 1.165) is 19.3 Å². The molecule has 5 nitrogen and oxygen atoms in total. The monoisotopic (exact) mass is 298 g/mol. The van der Waals surface area contributed by atoms with Gasteiger partial charge in [0.15, 0.2) is 6.10 Å². The van der Waals surface area contributed by atoms with Crippen LogP contribution in [0.3, 0.4) is 0 Å². The molecule has 1 spiro atoms. The third-order valence-electron chi connectivity index (χ3n) is 4.94. The van der Waals surface area contributed by atoms with Gasteiger partial charge in [0.2, 0.25) is 5.89 Å². The number of fused-ring (bicyclic) bond motifs is 2. The Morgan fingerprint density at radius 1 is 1.41 bits per heavy atom. The summed E-state index contributed by atoms with van der Waals surface area (Å²) in [6.45, 7) is 3.49. The molecule has 0 saturated heterocycles. The molecule has 114 valence electrons. The summed E-state index contributed by atoms with van der Waals surface area (Å²) in [7, 11) is 0. The Hall–Kier alpha value is -2.17. The number of esters is 1. The number of ether oxygens (including phenoxy) is 1.